The number of hydrogen-bond donors (Lipinski definition) is 2. The van der Waals surface area contributed by atoms with E-state index in [4.69, 9.17) is 0 Å². The number of carbonyl (C=O) groups is 1. The van der Waals surface area contributed by atoms with Crippen molar-refractivity contribution in [3.63, 3.8) is 0 Å². The average Bonchev–Trinajstić information content (AvgIpc) is 2.82. The van der Waals surface area contributed by atoms with Crippen LogP contribution >= 0.6 is 0 Å². The summed E-state index contributed by atoms with van der Waals surface area (Å²) >= 11 is 0. The number of carbonyl (C=O) groups excluding carboxylic acids is 1. The van der Waals surface area contributed by atoms with Gasteiger partial charge in [-0.15, -0.1) is 0 Å². The van der Waals surface area contributed by atoms with E-state index in [9.17, 15) is 23.1 Å². The van der Waals surface area contributed by atoms with Crippen LogP contribution in [-0.4, -0.2) is 23.3 Å². The number of benzene rings is 1. The summed E-state index contributed by atoms with van der Waals surface area (Å²) in [5, 5.41) is 12.8. The molecule has 1 aromatic carbocycles. The monoisotopic (exact) mass is 327 g/mol. The second-order valence-electron chi connectivity index (χ2n) is 6.50. The number of hydrogen-bond acceptors (Lipinski definition) is 2. The van der Waals surface area contributed by atoms with Gasteiger partial charge in [-0.3, -0.25) is 4.79 Å². The third-order valence-electron chi connectivity index (χ3n) is 5.02. The topological polar surface area (TPSA) is 49.3 Å². The molecule has 0 heterocycles. The summed E-state index contributed by atoms with van der Waals surface area (Å²) in [4.78, 5) is 12.4. The summed E-state index contributed by atoms with van der Waals surface area (Å²) in [5.41, 5.74) is 1.73. The molecule has 1 saturated carbocycles. The summed E-state index contributed by atoms with van der Waals surface area (Å²) < 4.78 is 39.5. The first-order chi connectivity index (χ1) is 10.9. The van der Waals surface area contributed by atoms with Gasteiger partial charge < -0.3 is 10.4 Å². The van der Waals surface area contributed by atoms with Gasteiger partial charge in [0.2, 0.25) is 5.91 Å². The first-order valence-electron chi connectivity index (χ1n) is 8.01. The zero-order chi connectivity index (χ0) is 16.6. The van der Waals surface area contributed by atoms with Crippen LogP contribution in [0, 0.1) is 11.8 Å². The second kappa shape index (κ2) is 6.15. The largest absolute Gasteiger partial charge is 0.392 e. The molecule has 3 nitrogen and oxygen atoms in total. The Morgan fingerprint density at radius 1 is 1.17 bits per heavy atom. The smallest absolute Gasteiger partial charge is 0.390 e. The fraction of sp³-hybridized carbons (Fsp3) is 0.588. The number of halogens is 3. The summed E-state index contributed by atoms with van der Waals surface area (Å²) in [6.07, 6.45) is -3.34. The highest BCUT2D eigenvalue weighted by molar-refractivity contribution is 5.80. The van der Waals surface area contributed by atoms with Crippen LogP contribution in [0.15, 0.2) is 24.3 Å². The van der Waals surface area contributed by atoms with Crippen molar-refractivity contribution in [2.75, 3.05) is 0 Å². The number of alkyl halides is 3. The highest BCUT2D eigenvalue weighted by atomic mass is 19.4. The number of amides is 1. The third-order valence-corrected chi connectivity index (χ3v) is 5.02. The molecular formula is C17H20F3NO2. The van der Waals surface area contributed by atoms with Crippen LogP contribution in [-0.2, 0) is 11.2 Å². The van der Waals surface area contributed by atoms with Crippen molar-refractivity contribution in [2.45, 2.75) is 50.4 Å². The minimum absolute atomic E-state index is 0.00535. The molecular weight excluding hydrogens is 307 g/mol. The molecule has 3 rings (SSSR count). The van der Waals surface area contributed by atoms with Crippen molar-refractivity contribution < 1.29 is 23.1 Å². The van der Waals surface area contributed by atoms with Crippen molar-refractivity contribution in [2.24, 2.45) is 11.8 Å². The number of aliphatic hydroxyl groups excluding tert-OH is 1. The molecule has 2 N–H and O–H groups in total. The van der Waals surface area contributed by atoms with Crippen LogP contribution in [0.4, 0.5) is 13.2 Å². The number of fused-ring (bicyclic) bond motifs is 1. The second-order valence-corrected chi connectivity index (χ2v) is 6.50. The van der Waals surface area contributed by atoms with Crippen LogP contribution in [0.5, 0.6) is 0 Å². The average molecular weight is 327 g/mol. The van der Waals surface area contributed by atoms with Crippen molar-refractivity contribution in [3.05, 3.63) is 35.4 Å². The van der Waals surface area contributed by atoms with Gasteiger partial charge in [0, 0.05) is 12.3 Å². The normalized spacial score (nSPS) is 30.8. The van der Waals surface area contributed by atoms with Gasteiger partial charge in [0.1, 0.15) is 0 Å². The minimum Gasteiger partial charge on any atom is -0.390 e. The Labute approximate surface area is 132 Å². The van der Waals surface area contributed by atoms with E-state index < -0.39 is 36.1 Å². The predicted molar refractivity (Wildman–Crippen MR) is 78.5 cm³/mol. The summed E-state index contributed by atoms with van der Waals surface area (Å²) in [6.45, 7) is 0. The van der Waals surface area contributed by atoms with E-state index >= 15 is 0 Å². The lowest BCUT2D eigenvalue weighted by Gasteiger charge is -2.33. The maximum atomic E-state index is 13.2. The van der Waals surface area contributed by atoms with Crippen LogP contribution in [0.2, 0.25) is 0 Å². The van der Waals surface area contributed by atoms with Gasteiger partial charge in [0.25, 0.3) is 0 Å². The molecule has 126 valence electrons. The van der Waals surface area contributed by atoms with Gasteiger partial charge in [-0.25, -0.2) is 0 Å². The Hall–Kier alpha value is -1.56. The van der Waals surface area contributed by atoms with Crippen molar-refractivity contribution in [1.29, 1.82) is 0 Å². The fourth-order valence-electron chi connectivity index (χ4n) is 3.84. The molecule has 1 amide bonds. The summed E-state index contributed by atoms with van der Waals surface area (Å²) in [6, 6.07) is 6.70. The molecule has 23 heavy (non-hydrogen) atoms. The van der Waals surface area contributed by atoms with Crippen LogP contribution < -0.4 is 5.32 Å². The Morgan fingerprint density at radius 3 is 2.61 bits per heavy atom. The van der Waals surface area contributed by atoms with Gasteiger partial charge in [-0.05, 0) is 24.0 Å². The molecule has 6 heteroatoms. The maximum Gasteiger partial charge on any atom is 0.392 e. The van der Waals surface area contributed by atoms with Crippen molar-refractivity contribution >= 4 is 5.91 Å². The molecule has 0 bridgehead atoms. The Morgan fingerprint density at radius 2 is 1.87 bits per heavy atom. The number of rotatable bonds is 2. The van der Waals surface area contributed by atoms with Gasteiger partial charge in [0.15, 0.2) is 0 Å². The zero-order valence-corrected chi connectivity index (χ0v) is 12.6. The fourth-order valence-corrected chi connectivity index (χ4v) is 3.84. The molecule has 0 aliphatic heterocycles. The van der Waals surface area contributed by atoms with Gasteiger partial charge >= 0.3 is 6.18 Å². The lowest BCUT2D eigenvalue weighted by Crippen LogP contribution is -2.45. The van der Waals surface area contributed by atoms with E-state index in [0.717, 1.165) is 11.1 Å². The van der Waals surface area contributed by atoms with Crippen LogP contribution in [0.25, 0.3) is 0 Å². The Kier molecular flexibility index (Phi) is 4.36. The molecule has 0 radical (unpaired) electrons. The molecule has 0 saturated heterocycles. The molecule has 4 atom stereocenters. The van der Waals surface area contributed by atoms with E-state index in [-0.39, 0.29) is 12.8 Å². The first-order valence-corrected chi connectivity index (χ1v) is 8.01. The van der Waals surface area contributed by atoms with Gasteiger partial charge in [-0.2, -0.15) is 13.2 Å². The van der Waals surface area contributed by atoms with E-state index in [1.54, 1.807) is 12.1 Å². The van der Waals surface area contributed by atoms with Gasteiger partial charge in [-0.1, -0.05) is 37.1 Å². The van der Waals surface area contributed by atoms with E-state index in [2.05, 4.69) is 5.32 Å². The molecule has 2 aliphatic carbocycles. The summed E-state index contributed by atoms with van der Waals surface area (Å²) in [5.74, 6) is -3.22. The highest BCUT2D eigenvalue weighted by Gasteiger charge is 2.48. The number of nitrogens with one attached hydrogen (secondary N) is 1. The first kappa shape index (κ1) is 16.3. The quantitative estimate of drug-likeness (QED) is 0.877. The molecule has 1 fully saturated rings. The van der Waals surface area contributed by atoms with Crippen molar-refractivity contribution in [3.8, 4) is 0 Å². The van der Waals surface area contributed by atoms with Crippen LogP contribution in [0.3, 0.4) is 0 Å². The molecule has 0 spiro atoms. The number of aliphatic hydroxyl groups is 1. The minimum atomic E-state index is -4.35. The highest BCUT2D eigenvalue weighted by Crippen LogP contribution is 2.42. The standard InChI is InChI=1S/C17H20F3NO2/c18-17(19,20)13-8-4-3-7-12(13)16(23)21-15-11-6-2-1-5-10(11)9-14(15)22/h1-2,5-6,12-15,22H,3-4,7-9H2,(H,21,23). The SMILES string of the molecule is O=C(NC1c2ccccc2CC1O)C1CCCCC1C(F)(F)F. The van der Waals surface area contributed by atoms with E-state index in [1.165, 1.54) is 0 Å². The summed E-state index contributed by atoms with van der Waals surface area (Å²) in [7, 11) is 0. The molecule has 1 aromatic rings. The Bertz CT molecular complexity index is 587. The predicted octanol–water partition coefficient (Wildman–Crippen LogP) is 3.13. The van der Waals surface area contributed by atoms with E-state index in [0.29, 0.717) is 19.3 Å². The van der Waals surface area contributed by atoms with Crippen molar-refractivity contribution in [1.82, 2.24) is 5.32 Å². The molecule has 2 aliphatic rings. The zero-order valence-electron chi connectivity index (χ0n) is 12.6. The van der Waals surface area contributed by atoms with Gasteiger partial charge in [0.05, 0.1) is 18.1 Å². The lowest BCUT2D eigenvalue weighted by molar-refractivity contribution is -0.198. The molecule has 4 unspecified atom stereocenters. The lowest BCUT2D eigenvalue weighted by atomic mass is 9.78. The maximum absolute atomic E-state index is 13.2. The van der Waals surface area contributed by atoms with Crippen LogP contribution in [0.1, 0.15) is 42.9 Å². The Balaban J connectivity index is 1.76. The molecule has 0 aromatic heterocycles. The van der Waals surface area contributed by atoms with E-state index in [1.807, 2.05) is 12.1 Å². The third kappa shape index (κ3) is 3.22.